The van der Waals surface area contributed by atoms with E-state index in [9.17, 15) is 0 Å². The van der Waals surface area contributed by atoms with E-state index in [2.05, 4.69) is 31.5 Å². The number of unbranched alkanes of at least 4 members (excludes halogenated alkanes) is 2. The largest absolute Gasteiger partial charge is 0.148 e. The van der Waals surface area contributed by atoms with Crippen LogP contribution in [0, 0.1) is 5.92 Å². The molecule has 0 amide bonds. The van der Waals surface area contributed by atoms with Crippen molar-refractivity contribution in [3.8, 4) is 0 Å². The second kappa shape index (κ2) is 7.34. The highest BCUT2D eigenvalue weighted by Gasteiger charge is 2.02. The molecule has 1 rings (SSSR count). The molecule has 0 aliphatic heterocycles. The lowest BCUT2D eigenvalue weighted by Gasteiger charge is -2.04. The highest BCUT2D eigenvalue weighted by Crippen LogP contribution is 2.27. The Balaban J connectivity index is 2.15. The van der Waals surface area contributed by atoms with E-state index in [1.807, 2.05) is 23.1 Å². The first kappa shape index (κ1) is 13.1. The van der Waals surface area contributed by atoms with Crippen LogP contribution in [0.4, 0.5) is 0 Å². The Bertz CT molecular complexity index is 263. The third-order valence-electron chi connectivity index (χ3n) is 2.61. The molecule has 0 radical (unpaired) electrons. The molecule has 0 atom stereocenters. The molecule has 0 aliphatic carbocycles. The van der Waals surface area contributed by atoms with Crippen LogP contribution in [0.1, 0.15) is 44.4 Å². The number of hydrogen-bond donors (Lipinski definition) is 0. The lowest BCUT2D eigenvalue weighted by molar-refractivity contribution is 0.527. The highest BCUT2D eigenvalue weighted by atomic mass is 32.2. The summed E-state index contributed by atoms with van der Waals surface area (Å²) in [4.78, 5) is 3.08. The molecule has 0 fully saturated rings. The quantitative estimate of drug-likeness (QED) is 0.466. The molecule has 0 saturated carbocycles. The average Bonchev–Trinajstić information content (AvgIpc) is 2.64. The van der Waals surface area contributed by atoms with Gasteiger partial charge in [-0.25, -0.2) is 0 Å². The van der Waals surface area contributed by atoms with Gasteiger partial charge in [-0.2, -0.15) is 0 Å². The van der Waals surface area contributed by atoms with Gasteiger partial charge in [0, 0.05) is 9.77 Å². The summed E-state index contributed by atoms with van der Waals surface area (Å²) in [5.41, 5.74) is 0. The standard InChI is InChI=1S/C13H22S2/c1-11(2)7-5-4-6-8-13-12(14-3)9-10-15-13/h9-11H,4-8H2,1-3H3. The monoisotopic (exact) mass is 242 g/mol. The maximum absolute atomic E-state index is 2.31. The van der Waals surface area contributed by atoms with Crippen molar-refractivity contribution in [2.45, 2.75) is 50.8 Å². The molecular weight excluding hydrogens is 220 g/mol. The number of hydrogen-bond acceptors (Lipinski definition) is 2. The van der Waals surface area contributed by atoms with Crippen LogP contribution in [0.2, 0.25) is 0 Å². The molecule has 0 aliphatic rings. The van der Waals surface area contributed by atoms with Crippen molar-refractivity contribution < 1.29 is 0 Å². The van der Waals surface area contributed by atoms with E-state index in [1.54, 1.807) is 4.88 Å². The normalized spacial score (nSPS) is 11.2. The van der Waals surface area contributed by atoms with Gasteiger partial charge >= 0.3 is 0 Å². The molecule has 1 heterocycles. The van der Waals surface area contributed by atoms with E-state index in [0.29, 0.717) is 0 Å². The minimum Gasteiger partial charge on any atom is -0.148 e. The van der Waals surface area contributed by atoms with Gasteiger partial charge in [0.25, 0.3) is 0 Å². The van der Waals surface area contributed by atoms with Gasteiger partial charge in [-0.05, 0) is 36.5 Å². The number of thiophene rings is 1. The first-order valence-electron chi connectivity index (χ1n) is 5.84. The Morgan fingerprint density at radius 1 is 1.27 bits per heavy atom. The minimum absolute atomic E-state index is 0.869. The van der Waals surface area contributed by atoms with Crippen LogP contribution >= 0.6 is 23.1 Å². The molecule has 15 heavy (non-hydrogen) atoms. The second-order valence-electron chi connectivity index (χ2n) is 4.41. The summed E-state index contributed by atoms with van der Waals surface area (Å²) in [6.45, 7) is 4.62. The molecular formula is C13H22S2. The zero-order valence-corrected chi connectivity index (χ0v) is 11.7. The van der Waals surface area contributed by atoms with Gasteiger partial charge in [0.2, 0.25) is 0 Å². The van der Waals surface area contributed by atoms with Gasteiger partial charge in [-0.1, -0.05) is 33.1 Å². The molecule has 0 bridgehead atoms. The van der Waals surface area contributed by atoms with Gasteiger partial charge in [0.05, 0.1) is 0 Å². The Hall–Kier alpha value is 0.0500. The van der Waals surface area contributed by atoms with Gasteiger partial charge in [-0.3, -0.25) is 0 Å². The smallest absolute Gasteiger partial charge is 0.0208 e. The topological polar surface area (TPSA) is 0 Å². The van der Waals surface area contributed by atoms with Gasteiger partial charge < -0.3 is 0 Å². The Morgan fingerprint density at radius 3 is 2.73 bits per heavy atom. The number of thioether (sulfide) groups is 1. The van der Waals surface area contributed by atoms with E-state index in [0.717, 1.165) is 5.92 Å². The van der Waals surface area contributed by atoms with Crippen molar-refractivity contribution in [1.82, 2.24) is 0 Å². The molecule has 0 nitrogen and oxygen atoms in total. The summed E-state index contributed by atoms with van der Waals surface area (Å²) in [5, 5.41) is 2.22. The van der Waals surface area contributed by atoms with E-state index in [1.165, 1.54) is 37.0 Å². The zero-order chi connectivity index (χ0) is 11.1. The van der Waals surface area contributed by atoms with E-state index in [-0.39, 0.29) is 0 Å². The average molecular weight is 242 g/mol. The van der Waals surface area contributed by atoms with Crippen LogP contribution in [-0.2, 0) is 6.42 Å². The summed E-state index contributed by atoms with van der Waals surface area (Å²) in [6, 6.07) is 2.25. The Kier molecular flexibility index (Phi) is 6.42. The molecule has 86 valence electrons. The first-order chi connectivity index (χ1) is 7.24. The summed E-state index contributed by atoms with van der Waals surface area (Å²) in [5.74, 6) is 0.869. The lowest BCUT2D eigenvalue weighted by Crippen LogP contribution is -1.88. The van der Waals surface area contributed by atoms with E-state index >= 15 is 0 Å². The fourth-order valence-corrected chi connectivity index (χ4v) is 3.54. The van der Waals surface area contributed by atoms with E-state index in [4.69, 9.17) is 0 Å². The van der Waals surface area contributed by atoms with Crippen molar-refractivity contribution in [3.63, 3.8) is 0 Å². The Labute approximate surface area is 102 Å². The molecule has 1 aromatic heterocycles. The molecule has 0 unspecified atom stereocenters. The fourth-order valence-electron chi connectivity index (χ4n) is 1.71. The molecule has 2 heteroatoms. The van der Waals surface area contributed by atoms with Crippen LogP contribution in [0.15, 0.2) is 16.3 Å². The van der Waals surface area contributed by atoms with Crippen LogP contribution in [0.25, 0.3) is 0 Å². The zero-order valence-electron chi connectivity index (χ0n) is 10.1. The van der Waals surface area contributed by atoms with Crippen LogP contribution < -0.4 is 0 Å². The lowest BCUT2D eigenvalue weighted by atomic mass is 10.0. The van der Waals surface area contributed by atoms with Crippen molar-refractivity contribution >= 4 is 23.1 Å². The molecule has 0 aromatic carbocycles. The van der Waals surface area contributed by atoms with E-state index < -0.39 is 0 Å². The summed E-state index contributed by atoms with van der Waals surface area (Å²) >= 11 is 3.80. The van der Waals surface area contributed by atoms with Gasteiger partial charge in [-0.15, -0.1) is 23.1 Å². The summed E-state index contributed by atoms with van der Waals surface area (Å²) in [7, 11) is 0. The molecule has 0 saturated heterocycles. The van der Waals surface area contributed by atoms with Gasteiger partial charge in [0.15, 0.2) is 0 Å². The van der Waals surface area contributed by atoms with Gasteiger partial charge in [0.1, 0.15) is 0 Å². The van der Waals surface area contributed by atoms with Crippen molar-refractivity contribution in [2.24, 2.45) is 5.92 Å². The second-order valence-corrected chi connectivity index (χ2v) is 6.25. The number of aryl methyl sites for hydroxylation is 1. The molecule has 0 N–H and O–H groups in total. The number of rotatable bonds is 7. The highest BCUT2D eigenvalue weighted by molar-refractivity contribution is 7.98. The maximum atomic E-state index is 2.31. The van der Waals surface area contributed by atoms with Crippen molar-refractivity contribution in [2.75, 3.05) is 6.26 Å². The van der Waals surface area contributed by atoms with Crippen molar-refractivity contribution in [3.05, 3.63) is 16.3 Å². The van der Waals surface area contributed by atoms with Crippen molar-refractivity contribution in [1.29, 1.82) is 0 Å². The predicted molar refractivity (Wildman–Crippen MR) is 73.1 cm³/mol. The fraction of sp³-hybridized carbons (Fsp3) is 0.692. The first-order valence-corrected chi connectivity index (χ1v) is 7.95. The molecule has 0 spiro atoms. The SMILES string of the molecule is CSc1ccsc1CCCCCC(C)C. The maximum Gasteiger partial charge on any atom is 0.0208 e. The van der Waals surface area contributed by atoms with Crippen LogP contribution in [-0.4, -0.2) is 6.26 Å². The molecule has 1 aromatic rings. The van der Waals surface area contributed by atoms with Crippen LogP contribution in [0.3, 0.4) is 0 Å². The summed E-state index contributed by atoms with van der Waals surface area (Å²) in [6.07, 6.45) is 9.00. The Morgan fingerprint density at radius 2 is 2.07 bits per heavy atom. The predicted octanol–water partition coefficient (Wildman–Crippen LogP) is 5.23. The summed E-state index contributed by atoms with van der Waals surface area (Å²) < 4.78 is 0. The third kappa shape index (κ3) is 5.07. The minimum atomic E-state index is 0.869. The van der Waals surface area contributed by atoms with Crippen LogP contribution in [0.5, 0.6) is 0 Å². The third-order valence-corrected chi connectivity index (χ3v) is 4.54.